The van der Waals surface area contributed by atoms with Crippen molar-refractivity contribution in [2.45, 2.75) is 23.3 Å². The van der Waals surface area contributed by atoms with Gasteiger partial charge in [0.2, 0.25) is 15.9 Å². The lowest BCUT2D eigenvalue weighted by Crippen LogP contribution is -2.43. The second-order valence-electron chi connectivity index (χ2n) is 5.43. The van der Waals surface area contributed by atoms with E-state index in [9.17, 15) is 32.1 Å². The van der Waals surface area contributed by atoms with Gasteiger partial charge in [0.05, 0.1) is 22.4 Å². The molecule has 0 bridgehead atoms. The van der Waals surface area contributed by atoms with Crippen LogP contribution < -0.4 is 15.4 Å². The lowest BCUT2D eigenvalue weighted by molar-refractivity contribution is -0.384. The predicted octanol–water partition coefficient (Wildman–Crippen LogP) is 0.408. The zero-order valence-corrected chi connectivity index (χ0v) is 14.9. The van der Waals surface area contributed by atoms with Crippen molar-refractivity contribution in [2.75, 3.05) is 19.6 Å². The Kier molecular flexibility index (Phi) is 7.38. The number of sulfonamides is 1. The SMILES string of the molecule is Cl.O=C(NCCNS(=O)(=O)c1ccc([N+](=O)[O-])cc1)C1CC(F)(F)CN1. The monoisotopic (exact) mass is 414 g/mol. The smallest absolute Gasteiger partial charge is 0.269 e. The molecule has 1 aromatic rings. The summed E-state index contributed by atoms with van der Waals surface area (Å²) in [6.45, 7) is -0.819. The Labute approximate surface area is 154 Å². The second-order valence-corrected chi connectivity index (χ2v) is 7.20. The molecule has 26 heavy (non-hydrogen) atoms. The number of alkyl halides is 2. The van der Waals surface area contributed by atoms with E-state index in [4.69, 9.17) is 0 Å². The lowest BCUT2D eigenvalue weighted by atomic mass is 10.2. The molecule has 1 atom stereocenters. The van der Waals surface area contributed by atoms with Gasteiger partial charge < -0.3 is 5.32 Å². The molecule has 0 aliphatic carbocycles. The first kappa shape index (κ1) is 22.2. The number of nitro benzene ring substituents is 1. The minimum absolute atomic E-state index is 0. The summed E-state index contributed by atoms with van der Waals surface area (Å²) in [5, 5.41) is 15.3. The number of nitrogens with one attached hydrogen (secondary N) is 3. The van der Waals surface area contributed by atoms with E-state index in [1.807, 2.05) is 0 Å². The van der Waals surface area contributed by atoms with Crippen molar-refractivity contribution < 1.29 is 26.9 Å². The van der Waals surface area contributed by atoms with Crippen molar-refractivity contribution in [1.29, 1.82) is 0 Å². The standard InChI is InChI=1S/C13H16F2N4O5S.ClH/c14-13(15)7-11(17-8-13)12(20)16-5-6-18-25(23,24)10-3-1-9(2-4-10)19(21)22;/h1-4,11,17-18H,5-8H2,(H,16,20);1H. The molecule has 0 saturated carbocycles. The Balaban J connectivity index is 0.00000338. The van der Waals surface area contributed by atoms with Crippen molar-refractivity contribution in [3.05, 3.63) is 34.4 Å². The molecule has 1 amide bonds. The van der Waals surface area contributed by atoms with Gasteiger partial charge in [-0.3, -0.25) is 20.2 Å². The topological polar surface area (TPSA) is 130 Å². The van der Waals surface area contributed by atoms with Gasteiger partial charge in [-0.2, -0.15) is 0 Å². The highest BCUT2D eigenvalue weighted by molar-refractivity contribution is 7.89. The van der Waals surface area contributed by atoms with Gasteiger partial charge in [-0.1, -0.05) is 0 Å². The van der Waals surface area contributed by atoms with E-state index >= 15 is 0 Å². The summed E-state index contributed by atoms with van der Waals surface area (Å²) in [6.07, 6.45) is -0.604. The van der Waals surface area contributed by atoms with Gasteiger partial charge in [-0.25, -0.2) is 21.9 Å². The molecule has 1 aromatic carbocycles. The predicted molar refractivity (Wildman–Crippen MR) is 89.9 cm³/mol. The summed E-state index contributed by atoms with van der Waals surface area (Å²) in [7, 11) is -3.90. The largest absolute Gasteiger partial charge is 0.353 e. The van der Waals surface area contributed by atoms with Crippen LogP contribution in [0, 0.1) is 10.1 Å². The van der Waals surface area contributed by atoms with Gasteiger partial charge in [0.1, 0.15) is 0 Å². The van der Waals surface area contributed by atoms with Crippen molar-refractivity contribution in [2.24, 2.45) is 0 Å². The van der Waals surface area contributed by atoms with Gasteiger partial charge in [0.25, 0.3) is 11.6 Å². The Morgan fingerprint density at radius 1 is 1.31 bits per heavy atom. The highest BCUT2D eigenvalue weighted by atomic mass is 35.5. The average molecular weight is 415 g/mol. The molecular formula is C13H17ClF2N4O5S. The molecule has 3 N–H and O–H groups in total. The summed E-state index contributed by atoms with van der Waals surface area (Å²) in [4.78, 5) is 21.4. The van der Waals surface area contributed by atoms with E-state index in [0.29, 0.717) is 0 Å². The van der Waals surface area contributed by atoms with Crippen LogP contribution in [0.3, 0.4) is 0 Å². The quantitative estimate of drug-likeness (QED) is 0.336. The zero-order chi connectivity index (χ0) is 18.7. The Hall–Kier alpha value is -1.89. The fourth-order valence-corrected chi connectivity index (χ4v) is 3.26. The van der Waals surface area contributed by atoms with Gasteiger partial charge in [-0.05, 0) is 12.1 Å². The van der Waals surface area contributed by atoms with Crippen LogP contribution >= 0.6 is 12.4 Å². The third-order valence-corrected chi connectivity index (χ3v) is 4.98. The molecule has 1 heterocycles. The highest BCUT2D eigenvalue weighted by Gasteiger charge is 2.42. The molecule has 1 aliphatic rings. The van der Waals surface area contributed by atoms with Crippen molar-refractivity contribution >= 4 is 34.0 Å². The second kappa shape index (κ2) is 8.66. The van der Waals surface area contributed by atoms with Crippen molar-refractivity contribution in [3.8, 4) is 0 Å². The number of non-ortho nitro benzene ring substituents is 1. The number of hydrogen-bond donors (Lipinski definition) is 3. The van der Waals surface area contributed by atoms with Crippen LogP contribution in [-0.2, 0) is 14.8 Å². The highest BCUT2D eigenvalue weighted by Crippen LogP contribution is 2.24. The van der Waals surface area contributed by atoms with Gasteiger partial charge in [-0.15, -0.1) is 12.4 Å². The lowest BCUT2D eigenvalue weighted by Gasteiger charge is -2.12. The van der Waals surface area contributed by atoms with Gasteiger partial charge in [0, 0.05) is 31.6 Å². The number of rotatable bonds is 7. The third-order valence-electron chi connectivity index (χ3n) is 3.50. The molecular weight excluding hydrogens is 398 g/mol. The Morgan fingerprint density at radius 2 is 1.92 bits per heavy atom. The number of hydrogen-bond acceptors (Lipinski definition) is 6. The number of carbonyl (C=O) groups is 1. The van der Waals surface area contributed by atoms with E-state index in [1.165, 1.54) is 0 Å². The van der Waals surface area contributed by atoms with E-state index in [-0.39, 0.29) is 36.1 Å². The van der Waals surface area contributed by atoms with Gasteiger partial charge in [0.15, 0.2) is 0 Å². The molecule has 13 heteroatoms. The Bertz CT molecular complexity index is 760. The zero-order valence-electron chi connectivity index (χ0n) is 13.3. The van der Waals surface area contributed by atoms with E-state index < -0.39 is 45.8 Å². The van der Waals surface area contributed by atoms with Crippen LogP contribution in [0.2, 0.25) is 0 Å². The molecule has 1 fully saturated rings. The molecule has 0 aromatic heterocycles. The van der Waals surface area contributed by atoms with E-state index in [0.717, 1.165) is 24.3 Å². The molecule has 1 unspecified atom stereocenters. The molecule has 0 radical (unpaired) electrons. The van der Waals surface area contributed by atoms with Gasteiger partial charge >= 0.3 is 0 Å². The molecule has 1 saturated heterocycles. The van der Waals surface area contributed by atoms with E-state index in [1.54, 1.807) is 0 Å². The minimum Gasteiger partial charge on any atom is -0.353 e. The first-order valence-electron chi connectivity index (χ1n) is 7.24. The number of benzene rings is 1. The number of nitrogens with zero attached hydrogens (tertiary/aromatic N) is 1. The Morgan fingerprint density at radius 3 is 2.42 bits per heavy atom. The first-order chi connectivity index (χ1) is 11.6. The van der Waals surface area contributed by atoms with Crippen LogP contribution in [0.25, 0.3) is 0 Å². The fourth-order valence-electron chi connectivity index (χ4n) is 2.23. The molecule has 146 valence electrons. The third kappa shape index (κ3) is 5.83. The average Bonchev–Trinajstić information content (AvgIpc) is 2.91. The van der Waals surface area contributed by atoms with Crippen molar-refractivity contribution in [3.63, 3.8) is 0 Å². The molecule has 1 aliphatic heterocycles. The van der Waals surface area contributed by atoms with Crippen LogP contribution in [0.1, 0.15) is 6.42 Å². The number of carbonyl (C=O) groups excluding carboxylic acids is 1. The molecule has 0 spiro atoms. The van der Waals surface area contributed by atoms with Crippen LogP contribution in [0.4, 0.5) is 14.5 Å². The molecule has 2 rings (SSSR count). The summed E-state index contributed by atoms with van der Waals surface area (Å²) in [5.74, 6) is -3.56. The number of amides is 1. The summed E-state index contributed by atoms with van der Waals surface area (Å²) < 4.78 is 52.2. The van der Waals surface area contributed by atoms with Crippen LogP contribution in [0.15, 0.2) is 29.2 Å². The summed E-state index contributed by atoms with van der Waals surface area (Å²) in [5.41, 5.74) is -0.243. The van der Waals surface area contributed by atoms with E-state index in [2.05, 4.69) is 15.4 Å². The van der Waals surface area contributed by atoms with Crippen LogP contribution in [-0.4, -0.2) is 50.8 Å². The fraction of sp³-hybridized carbons (Fsp3) is 0.462. The number of halogens is 3. The first-order valence-corrected chi connectivity index (χ1v) is 8.72. The molecule has 9 nitrogen and oxygen atoms in total. The normalized spacial score (nSPS) is 18.8. The van der Waals surface area contributed by atoms with Crippen molar-refractivity contribution in [1.82, 2.24) is 15.4 Å². The maximum atomic E-state index is 13.0. The maximum absolute atomic E-state index is 13.0. The summed E-state index contributed by atoms with van der Waals surface area (Å²) in [6, 6.07) is 3.28. The van der Waals surface area contributed by atoms with Crippen LogP contribution in [0.5, 0.6) is 0 Å². The maximum Gasteiger partial charge on any atom is 0.269 e. The minimum atomic E-state index is -3.90. The summed E-state index contributed by atoms with van der Waals surface area (Å²) >= 11 is 0. The number of nitro groups is 1.